The van der Waals surface area contributed by atoms with E-state index in [1.807, 2.05) is 27.8 Å². The van der Waals surface area contributed by atoms with Crippen molar-refractivity contribution in [3.05, 3.63) is 28.7 Å². The van der Waals surface area contributed by atoms with Gasteiger partial charge in [0.2, 0.25) is 0 Å². The molecule has 90 valence electrons. The van der Waals surface area contributed by atoms with Gasteiger partial charge in [0, 0.05) is 18.3 Å². The molecule has 0 fully saturated rings. The Morgan fingerprint density at radius 3 is 2.59 bits per heavy atom. The number of carbonyl (C=O) groups excluding carboxylic acids is 1. The van der Waals surface area contributed by atoms with Crippen molar-refractivity contribution in [2.75, 3.05) is 5.32 Å². The number of hydrogen-bond donors (Lipinski definition) is 2. The molecule has 6 nitrogen and oxygen atoms in total. The molecule has 0 bridgehead atoms. The van der Waals surface area contributed by atoms with E-state index in [4.69, 9.17) is 0 Å². The second-order valence-electron chi connectivity index (χ2n) is 4.05. The van der Waals surface area contributed by atoms with Crippen LogP contribution >= 0.6 is 0 Å². The lowest BCUT2D eigenvalue weighted by Crippen LogP contribution is -2.15. The minimum Gasteiger partial charge on any atom is -0.307 e. The van der Waals surface area contributed by atoms with Crippen LogP contribution in [0.25, 0.3) is 0 Å². The molecular formula is C11H15N5O. The summed E-state index contributed by atoms with van der Waals surface area (Å²) in [5, 5.41) is 13.6. The summed E-state index contributed by atoms with van der Waals surface area (Å²) in [6.07, 6.45) is 1.67. The summed E-state index contributed by atoms with van der Waals surface area (Å²) in [5.41, 5.74) is 3.08. The van der Waals surface area contributed by atoms with Crippen LogP contribution in [0.3, 0.4) is 0 Å². The number of hydrogen-bond acceptors (Lipinski definition) is 3. The van der Waals surface area contributed by atoms with Crippen molar-refractivity contribution in [2.24, 2.45) is 7.05 Å². The van der Waals surface area contributed by atoms with E-state index in [1.165, 1.54) is 0 Å². The lowest BCUT2D eigenvalue weighted by molar-refractivity contribution is 0.102. The Bertz CT molecular complexity index is 566. The van der Waals surface area contributed by atoms with Crippen LogP contribution in [-0.2, 0) is 7.05 Å². The zero-order valence-electron chi connectivity index (χ0n) is 10.3. The number of aryl methyl sites for hydroxylation is 3. The van der Waals surface area contributed by atoms with E-state index in [0.29, 0.717) is 11.4 Å². The number of nitrogens with one attached hydrogen (secondary N) is 2. The summed E-state index contributed by atoms with van der Waals surface area (Å²) in [7, 11) is 1.82. The van der Waals surface area contributed by atoms with Gasteiger partial charge in [0.05, 0.1) is 17.5 Å². The van der Waals surface area contributed by atoms with Crippen LogP contribution in [0.2, 0.25) is 0 Å². The SMILES string of the molecule is Cc1cn[nH]c1NC(=O)c1c(C)nn(C)c1C. The second kappa shape index (κ2) is 4.04. The lowest BCUT2D eigenvalue weighted by atomic mass is 10.2. The highest BCUT2D eigenvalue weighted by atomic mass is 16.1. The highest BCUT2D eigenvalue weighted by Crippen LogP contribution is 2.15. The average Bonchev–Trinajstić information content (AvgIpc) is 2.74. The van der Waals surface area contributed by atoms with Crippen molar-refractivity contribution in [2.45, 2.75) is 20.8 Å². The first-order chi connectivity index (χ1) is 8.00. The van der Waals surface area contributed by atoms with Crippen molar-refractivity contribution in [3.8, 4) is 0 Å². The molecule has 0 atom stereocenters. The predicted molar refractivity (Wildman–Crippen MR) is 64.0 cm³/mol. The van der Waals surface area contributed by atoms with Crippen molar-refractivity contribution in [1.82, 2.24) is 20.0 Å². The van der Waals surface area contributed by atoms with Crippen LogP contribution in [0.5, 0.6) is 0 Å². The van der Waals surface area contributed by atoms with Crippen LogP contribution in [-0.4, -0.2) is 25.9 Å². The molecule has 2 rings (SSSR count). The fraction of sp³-hybridized carbons (Fsp3) is 0.364. The van der Waals surface area contributed by atoms with E-state index in [0.717, 1.165) is 17.0 Å². The van der Waals surface area contributed by atoms with Gasteiger partial charge < -0.3 is 5.32 Å². The number of rotatable bonds is 2. The van der Waals surface area contributed by atoms with Crippen LogP contribution in [0.15, 0.2) is 6.20 Å². The van der Waals surface area contributed by atoms with Crippen molar-refractivity contribution in [3.63, 3.8) is 0 Å². The van der Waals surface area contributed by atoms with Gasteiger partial charge in [-0.3, -0.25) is 14.6 Å². The maximum atomic E-state index is 12.1. The summed E-state index contributed by atoms with van der Waals surface area (Å²) < 4.78 is 1.70. The molecule has 6 heteroatoms. The largest absolute Gasteiger partial charge is 0.307 e. The number of aromatic amines is 1. The number of H-pyrrole nitrogens is 1. The molecular weight excluding hydrogens is 218 g/mol. The topological polar surface area (TPSA) is 75.6 Å². The lowest BCUT2D eigenvalue weighted by Gasteiger charge is -2.04. The molecule has 0 radical (unpaired) electrons. The standard InChI is InChI=1S/C11H15N5O/c1-6-5-12-14-10(6)13-11(17)9-7(2)15-16(4)8(9)3/h5H,1-4H3,(H2,12,13,14,17). The van der Waals surface area contributed by atoms with Gasteiger partial charge in [-0.25, -0.2) is 0 Å². The molecule has 2 aromatic heterocycles. The Kier molecular flexibility index (Phi) is 2.71. The van der Waals surface area contributed by atoms with Crippen LogP contribution < -0.4 is 5.32 Å². The minimum atomic E-state index is -0.166. The van der Waals surface area contributed by atoms with Crippen LogP contribution in [0.4, 0.5) is 5.82 Å². The number of carbonyl (C=O) groups is 1. The van der Waals surface area contributed by atoms with E-state index in [-0.39, 0.29) is 5.91 Å². The second-order valence-corrected chi connectivity index (χ2v) is 4.05. The fourth-order valence-corrected chi connectivity index (χ4v) is 1.75. The monoisotopic (exact) mass is 233 g/mol. The average molecular weight is 233 g/mol. The zero-order chi connectivity index (χ0) is 12.6. The molecule has 17 heavy (non-hydrogen) atoms. The first-order valence-corrected chi connectivity index (χ1v) is 5.32. The molecule has 0 aromatic carbocycles. The summed E-state index contributed by atoms with van der Waals surface area (Å²) in [6, 6.07) is 0. The van der Waals surface area contributed by atoms with Gasteiger partial charge in [0.1, 0.15) is 5.82 Å². The Balaban J connectivity index is 2.29. The number of amides is 1. The maximum absolute atomic E-state index is 12.1. The molecule has 0 aliphatic heterocycles. The summed E-state index contributed by atoms with van der Waals surface area (Å²) in [5.74, 6) is 0.457. The van der Waals surface area contributed by atoms with Crippen molar-refractivity contribution >= 4 is 11.7 Å². The van der Waals surface area contributed by atoms with Gasteiger partial charge in [0.25, 0.3) is 5.91 Å². The van der Waals surface area contributed by atoms with E-state index in [1.54, 1.807) is 10.9 Å². The Morgan fingerprint density at radius 1 is 1.41 bits per heavy atom. The molecule has 2 aromatic rings. The normalized spacial score (nSPS) is 10.6. The molecule has 0 saturated heterocycles. The van der Waals surface area contributed by atoms with Gasteiger partial charge in [-0.1, -0.05) is 0 Å². The Hall–Kier alpha value is -2.11. The third-order valence-corrected chi connectivity index (χ3v) is 2.80. The van der Waals surface area contributed by atoms with Gasteiger partial charge in [-0.2, -0.15) is 10.2 Å². The highest BCUT2D eigenvalue weighted by Gasteiger charge is 2.18. The number of anilines is 1. The van der Waals surface area contributed by atoms with E-state index in [2.05, 4.69) is 20.6 Å². The summed E-state index contributed by atoms with van der Waals surface area (Å²) in [4.78, 5) is 12.1. The van der Waals surface area contributed by atoms with Gasteiger partial charge in [0.15, 0.2) is 0 Å². The van der Waals surface area contributed by atoms with Crippen LogP contribution in [0, 0.1) is 20.8 Å². The smallest absolute Gasteiger partial charge is 0.260 e. The van der Waals surface area contributed by atoms with Crippen LogP contribution in [0.1, 0.15) is 27.3 Å². The van der Waals surface area contributed by atoms with Crippen molar-refractivity contribution < 1.29 is 4.79 Å². The Labute approximate surface area is 99.0 Å². The quantitative estimate of drug-likeness (QED) is 0.821. The van der Waals surface area contributed by atoms with Gasteiger partial charge in [-0.05, 0) is 20.8 Å². The third-order valence-electron chi connectivity index (χ3n) is 2.80. The maximum Gasteiger partial charge on any atom is 0.260 e. The zero-order valence-corrected chi connectivity index (χ0v) is 10.3. The minimum absolute atomic E-state index is 0.166. The number of aromatic nitrogens is 4. The molecule has 0 aliphatic carbocycles. The summed E-state index contributed by atoms with van der Waals surface area (Å²) >= 11 is 0. The fourth-order valence-electron chi connectivity index (χ4n) is 1.75. The molecule has 0 saturated carbocycles. The van der Waals surface area contributed by atoms with E-state index in [9.17, 15) is 4.79 Å². The van der Waals surface area contributed by atoms with E-state index >= 15 is 0 Å². The summed E-state index contributed by atoms with van der Waals surface area (Å²) in [6.45, 7) is 5.57. The molecule has 0 spiro atoms. The Morgan fingerprint density at radius 2 is 2.12 bits per heavy atom. The predicted octanol–water partition coefficient (Wildman–Crippen LogP) is 1.32. The first kappa shape index (κ1) is 11.4. The first-order valence-electron chi connectivity index (χ1n) is 5.32. The molecule has 0 unspecified atom stereocenters. The van der Waals surface area contributed by atoms with E-state index < -0.39 is 0 Å². The van der Waals surface area contributed by atoms with Crippen molar-refractivity contribution in [1.29, 1.82) is 0 Å². The molecule has 1 amide bonds. The number of nitrogens with zero attached hydrogens (tertiary/aromatic N) is 3. The highest BCUT2D eigenvalue weighted by molar-refractivity contribution is 6.05. The van der Waals surface area contributed by atoms with Gasteiger partial charge >= 0.3 is 0 Å². The molecule has 2 N–H and O–H groups in total. The van der Waals surface area contributed by atoms with Gasteiger partial charge in [-0.15, -0.1) is 0 Å². The third kappa shape index (κ3) is 1.93. The molecule has 2 heterocycles. The molecule has 0 aliphatic rings.